The Morgan fingerprint density at radius 3 is 1.55 bits per heavy atom. The van der Waals surface area contributed by atoms with E-state index < -0.39 is 0 Å². The van der Waals surface area contributed by atoms with Crippen molar-refractivity contribution in [3.8, 4) is 39.1 Å². The van der Waals surface area contributed by atoms with Crippen molar-refractivity contribution in [1.29, 1.82) is 0 Å². The first kappa shape index (κ1) is 35.5. The highest BCUT2D eigenvalue weighted by Gasteiger charge is 2.26. The Balaban J connectivity index is 1.11. The van der Waals surface area contributed by atoms with E-state index in [2.05, 4.69) is 230 Å². The number of furan rings is 1. The number of hydrogen-bond donors (Lipinski definition) is 0. The Kier molecular flexibility index (Phi) is 8.49. The predicted molar refractivity (Wildman–Crippen MR) is 253 cm³/mol. The number of hydrogen-bond acceptors (Lipinski definition) is 2. The fourth-order valence-corrected chi connectivity index (χ4v) is 9.41. The maximum Gasteiger partial charge on any atom is 0.145 e. The van der Waals surface area contributed by atoms with Gasteiger partial charge >= 0.3 is 0 Å². The molecule has 11 aromatic rings. The summed E-state index contributed by atoms with van der Waals surface area (Å²) in [6.45, 7) is 6.72. The molecule has 0 aliphatic carbocycles. The largest absolute Gasteiger partial charge is 0.455 e. The van der Waals surface area contributed by atoms with Crippen molar-refractivity contribution >= 4 is 60.8 Å². The molecule has 0 bridgehead atoms. The van der Waals surface area contributed by atoms with E-state index in [4.69, 9.17) is 4.42 Å². The Morgan fingerprint density at radius 1 is 0.400 bits per heavy atom. The van der Waals surface area contributed by atoms with Crippen molar-refractivity contribution in [3.63, 3.8) is 0 Å². The monoisotopic (exact) mass is 770 g/mol. The summed E-state index contributed by atoms with van der Waals surface area (Å²) in [5, 5.41) is 4.69. The molecule has 9 aromatic carbocycles. The highest BCUT2D eigenvalue weighted by atomic mass is 16.3. The Labute approximate surface area is 350 Å². The van der Waals surface area contributed by atoms with Gasteiger partial charge in [-0.15, -0.1) is 0 Å². The molecular weight excluding hydrogens is 729 g/mol. The molecule has 0 amide bonds. The van der Waals surface area contributed by atoms with Gasteiger partial charge in [-0.1, -0.05) is 133 Å². The van der Waals surface area contributed by atoms with Crippen molar-refractivity contribution in [2.24, 2.45) is 0 Å². The minimum Gasteiger partial charge on any atom is -0.455 e. The maximum absolute atomic E-state index is 6.93. The Morgan fingerprint density at radius 2 is 0.917 bits per heavy atom. The van der Waals surface area contributed by atoms with Gasteiger partial charge in [-0.2, -0.15) is 0 Å². The zero-order valence-electron chi connectivity index (χ0n) is 33.9. The lowest BCUT2D eigenvalue weighted by atomic mass is 9.95. The summed E-state index contributed by atoms with van der Waals surface area (Å²) in [6.07, 6.45) is 0. The predicted octanol–water partition coefficient (Wildman–Crippen LogP) is 16.1. The molecule has 0 spiro atoms. The normalized spacial score (nSPS) is 11.6. The van der Waals surface area contributed by atoms with Crippen LogP contribution < -0.4 is 4.90 Å². The molecule has 3 nitrogen and oxygen atoms in total. The summed E-state index contributed by atoms with van der Waals surface area (Å²) in [5.41, 5.74) is 19.2. The van der Waals surface area contributed by atoms with Crippen LogP contribution in [0.1, 0.15) is 16.7 Å². The molecule has 0 unspecified atom stereocenters. The highest BCUT2D eigenvalue weighted by molar-refractivity contribution is 6.17. The smallest absolute Gasteiger partial charge is 0.145 e. The highest BCUT2D eigenvalue weighted by Crippen LogP contribution is 2.49. The lowest BCUT2D eigenvalue weighted by Crippen LogP contribution is -2.15. The quantitative estimate of drug-likeness (QED) is 0.161. The summed E-state index contributed by atoms with van der Waals surface area (Å²) in [6, 6.07) is 72.1. The molecule has 3 heteroatoms. The van der Waals surface area contributed by atoms with Crippen molar-refractivity contribution in [2.75, 3.05) is 4.90 Å². The van der Waals surface area contributed by atoms with E-state index in [0.717, 1.165) is 50.1 Å². The van der Waals surface area contributed by atoms with Gasteiger partial charge in [-0.05, 0) is 132 Å². The van der Waals surface area contributed by atoms with Crippen LogP contribution in [-0.2, 0) is 0 Å². The molecule has 286 valence electrons. The molecule has 0 saturated heterocycles. The second-order valence-electron chi connectivity index (χ2n) is 15.9. The third-order valence-electron chi connectivity index (χ3n) is 12.1. The van der Waals surface area contributed by atoms with Crippen LogP contribution in [0.3, 0.4) is 0 Å². The van der Waals surface area contributed by atoms with E-state index >= 15 is 0 Å². The Bertz CT molecular complexity index is 3320. The summed E-state index contributed by atoms with van der Waals surface area (Å²) < 4.78 is 9.30. The van der Waals surface area contributed by atoms with Crippen molar-refractivity contribution in [1.82, 2.24) is 4.57 Å². The molecule has 0 atom stereocenters. The fourth-order valence-electron chi connectivity index (χ4n) is 9.41. The van der Waals surface area contributed by atoms with Crippen LogP contribution in [0, 0.1) is 20.8 Å². The third kappa shape index (κ3) is 5.81. The molecule has 0 N–H and O–H groups in total. The summed E-state index contributed by atoms with van der Waals surface area (Å²) in [5.74, 6) is 0. The standard InChI is InChI=1S/C57H42N2O/c1-37-34-43(40-16-6-4-7-17-40)28-32-50(37)59(56-38(2)35-44(36-39(56)3)41-18-8-5-9-19-41)53-33-31-46(57-55(53)49-22-12-15-25-54(49)60-57)42-26-29-45(30-27-42)58-51-23-13-10-20-47(51)48-21-11-14-24-52(48)58/h4-36H,1-3H3. The van der Waals surface area contributed by atoms with Crippen LogP contribution in [0.2, 0.25) is 0 Å². The number of benzene rings is 9. The minimum atomic E-state index is 0.868. The van der Waals surface area contributed by atoms with E-state index in [1.54, 1.807) is 0 Å². The number of anilines is 3. The average molecular weight is 771 g/mol. The van der Waals surface area contributed by atoms with E-state index in [0.29, 0.717) is 0 Å². The molecule has 0 aliphatic rings. The van der Waals surface area contributed by atoms with Crippen LogP contribution in [0.5, 0.6) is 0 Å². The average Bonchev–Trinajstić information content (AvgIpc) is 3.85. The summed E-state index contributed by atoms with van der Waals surface area (Å²) in [7, 11) is 0. The molecular formula is C57H42N2O. The minimum absolute atomic E-state index is 0.868. The second kappa shape index (κ2) is 14.3. The van der Waals surface area contributed by atoms with Gasteiger partial charge in [0.2, 0.25) is 0 Å². The van der Waals surface area contributed by atoms with Gasteiger partial charge in [0.05, 0.1) is 27.8 Å². The van der Waals surface area contributed by atoms with Crippen molar-refractivity contribution in [2.45, 2.75) is 20.8 Å². The first-order chi connectivity index (χ1) is 29.5. The number of rotatable bonds is 7. The molecule has 0 fully saturated rings. The van der Waals surface area contributed by atoms with E-state index in [1.807, 2.05) is 0 Å². The molecule has 11 rings (SSSR count). The molecule has 0 radical (unpaired) electrons. The third-order valence-corrected chi connectivity index (χ3v) is 12.1. The van der Waals surface area contributed by atoms with Crippen LogP contribution in [0.25, 0.3) is 82.8 Å². The second-order valence-corrected chi connectivity index (χ2v) is 15.9. The van der Waals surface area contributed by atoms with Gasteiger partial charge in [0.1, 0.15) is 11.2 Å². The van der Waals surface area contributed by atoms with Crippen LogP contribution >= 0.6 is 0 Å². The number of aryl methyl sites for hydroxylation is 3. The van der Waals surface area contributed by atoms with Gasteiger partial charge in [0.15, 0.2) is 0 Å². The van der Waals surface area contributed by atoms with Crippen LogP contribution in [-0.4, -0.2) is 4.57 Å². The first-order valence-corrected chi connectivity index (χ1v) is 20.7. The van der Waals surface area contributed by atoms with Gasteiger partial charge < -0.3 is 13.9 Å². The molecule has 2 heterocycles. The fraction of sp³-hybridized carbons (Fsp3) is 0.0526. The number of nitrogens with zero attached hydrogens (tertiary/aromatic N) is 2. The maximum atomic E-state index is 6.93. The number of fused-ring (bicyclic) bond motifs is 6. The summed E-state index contributed by atoms with van der Waals surface area (Å²) in [4.78, 5) is 2.48. The van der Waals surface area contributed by atoms with Gasteiger partial charge in [0.25, 0.3) is 0 Å². The first-order valence-electron chi connectivity index (χ1n) is 20.7. The van der Waals surface area contributed by atoms with Gasteiger partial charge in [-0.3, -0.25) is 0 Å². The topological polar surface area (TPSA) is 21.3 Å². The van der Waals surface area contributed by atoms with Crippen molar-refractivity contribution < 1.29 is 4.42 Å². The van der Waals surface area contributed by atoms with Gasteiger partial charge in [-0.25, -0.2) is 0 Å². The van der Waals surface area contributed by atoms with E-state index in [-0.39, 0.29) is 0 Å². The number of para-hydroxylation sites is 3. The van der Waals surface area contributed by atoms with E-state index in [1.165, 1.54) is 66.4 Å². The van der Waals surface area contributed by atoms with Gasteiger partial charge in [0, 0.05) is 33.1 Å². The lowest BCUT2D eigenvalue weighted by molar-refractivity contribution is 0.670. The molecule has 0 aliphatic heterocycles. The lowest BCUT2D eigenvalue weighted by Gasteiger charge is -2.31. The zero-order valence-corrected chi connectivity index (χ0v) is 33.9. The molecule has 2 aromatic heterocycles. The van der Waals surface area contributed by atoms with Crippen LogP contribution in [0.15, 0.2) is 205 Å². The SMILES string of the molecule is Cc1cc(-c2ccccc2)ccc1N(c1c(C)cc(-c2ccccc2)cc1C)c1ccc(-c2ccc(-n3c4ccccc4c4ccccc43)cc2)c2oc3ccccc3c12. The zero-order chi connectivity index (χ0) is 40.3. The number of aromatic nitrogens is 1. The Hall–Kier alpha value is -7.62. The van der Waals surface area contributed by atoms with Crippen molar-refractivity contribution in [3.05, 3.63) is 217 Å². The molecule has 0 saturated carbocycles. The van der Waals surface area contributed by atoms with E-state index in [9.17, 15) is 0 Å². The van der Waals surface area contributed by atoms with Crippen LogP contribution in [0.4, 0.5) is 17.1 Å². The summed E-state index contributed by atoms with van der Waals surface area (Å²) >= 11 is 0. The molecule has 60 heavy (non-hydrogen) atoms.